The second-order valence-electron chi connectivity index (χ2n) is 5.36. The fraction of sp³-hybridized carbons (Fsp3) is 0.353. The molecule has 0 saturated carbocycles. The summed E-state index contributed by atoms with van der Waals surface area (Å²) in [4.78, 5) is 11.9. The van der Waals surface area contributed by atoms with Crippen LogP contribution in [0.3, 0.4) is 0 Å². The number of hydrogen-bond donors (Lipinski definition) is 2. The van der Waals surface area contributed by atoms with Crippen LogP contribution in [0, 0.1) is 12.7 Å². The Morgan fingerprint density at radius 1 is 1.27 bits per heavy atom. The van der Waals surface area contributed by atoms with Gasteiger partial charge in [-0.1, -0.05) is 12.1 Å². The van der Waals surface area contributed by atoms with E-state index in [1.807, 2.05) is 19.1 Å². The van der Waals surface area contributed by atoms with Gasteiger partial charge >= 0.3 is 0 Å². The monoisotopic (exact) mass is 305 g/mol. The lowest BCUT2D eigenvalue weighted by atomic mass is 10.0. The van der Waals surface area contributed by atoms with E-state index in [1.54, 1.807) is 6.92 Å². The van der Waals surface area contributed by atoms with E-state index in [1.165, 1.54) is 24.3 Å². The molecule has 2 aromatic rings. The number of furan rings is 1. The molecule has 118 valence electrons. The van der Waals surface area contributed by atoms with Gasteiger partial charge in [-0.25, -0.2) is 4.39 Å². The lowest BCUT2D eigenvalue weighted by Gasteiger charge is -2.20. The zero-order valence-electron chi connectivity index (χ0n) is 12.7. The molecular formula is C17H20FNO3. The standard InChI is InChI=1S/C17H20FNO3/c1-11-3-8-15(22-11)9-10-16(20)19-12(2)17(21)13-4-6-14(18)7-5-13/h3-8,12,17,21H,9-10H2,1-2H3,(H,19,20)/t12-,17+/m0/s1. The van der Waals surface area contributed by atoms with Crippen molar-refractivity contribution < 1.29 is 18.7 Å². The van der Waals surface area contributed by atoms with Gasteiger partial charge < -0.3 is 14.8 Å². The Labute approximate surface area is 129 Å². The van der Waals surface area contributed by atoms with Crippen molar-refractivity contribution >= 4 is 5.91 Å². The van der Waals surface area contributed by atoms with Gasteiger partial charge in [0.25, 0.3) is 0 Å². The van der Waals surface area contributed by atoms with Crippen LogP contribution in [0.2, 0.25) is 0 Å². The van der Waals surface area contributed by atoms with Gasteiger partial charge in [0.2, 0.25) is 5.91 Å². The molecule has 22 heavy (non-hydrogen) atoms. The molecule has 0 saturated heterocycles. The van der Waals surface area contributed by atoms with Crippen LogP contribution >= 0.6 is 0 Å². The highest BCUT2D eigenvalue weighted by atomic mass is 19.1. The quantitative estimate of drug-likeness (QED) is 0.862. The van der Waals surface area contributed by atoms with Crippen molar-refractivity contribution in [2.75, 3.05) is 0 Å². The summed E-state index contributed by atoms with van der Waals surface area (Å²) in [6, 6.07) is 8.82. The zero-order valence-corrected chi connectivity index (χ0v) is 12.7. The van der Waals surface area contributed by atoms with Gasteiger partial charge in [0, 0.05) is 12.8 Å². The van der Waals surface area contributed by atoms with Gasteiger partial charge in [0.05, 0.1) is 12.1 Å². The summed E-state index contributed by atoms with van der Waals surface area (Å²) in [7, 11) is 0. The van der Waals surface area contributed by atoms with Crippen LogP contribution in [0.1, 0.15) is 36.5 Å². The molecule has 1 heterocycles. The van der Waals surface area contributed by atoms with Crippen LogP contribution in [0.15, 0.2) is 40.8 Å². The molecule has 0 aliphatic rings. The summed E-state index contributed by atoms with van der Waals surface area (Å²) >= 11 is 0. The second kappa shape index (κ2) is 7.22. The highest BCUT2D eigenvalue weighted by molar-refractivity contribution is 5.76. The summed E-state index contributed by atoms with van der Waals surface area (Å²) in [5.74, 6) is 1.05. The van der Waals surface area contributed by atoms with Gasteiger partial charge in [0.15, 0.2) is 0 Å². The molecule has 1 aromatic heterocycles. The minimum absolute atomic E-state index is 0.164. The van der Waals surface area contributed by atoms with Crippen molar-refractivity contribution in [3.05, 3.63) is 59.3 Å². The van der Waals surface area contributed by atoms with Crippen LogP contribution in [0.25, 0.3) is 0 Å². The highest BCUT2D eigenvalue weighted by Gasteiger charge is 2.18. The number of nitrogens with one attached hydrogen (secondary N) is 1. The van der Waals surface area contributed by atoms with E-state index in [2.05, 4.69) is 5.32 Å². The van der Waals surface area contributed by atoms with Crippen LogP contribution in [0.4, 0.5) is 4.39 Å². The van der Waals surface area contributed by atoms with Gasteiger partial charge in [0.1, 0.15) is 17.3 Å². The summed E-state index contributed by atoms with van der Waals surface area (Å²) in [5.41, 5.74) is 0.566. The van der Waals surface area contributed by atoms with Gasteiger partial charge in [-0.05, 0) is 43.7 Å². The van der Waals surface area contributed by atoms with E-state index in [0.29, 0.717) is 12.0 Å². The molecule has 1 aromatic carbocycles. The largest absolute Gasteiger partial charge is 0.466 e. The van der Waals surface area contributed by atoms with Crippen molar-refractivity contribution in [1.82, 2.24) is 5.32 Å². The number of hydrogen-bond acceptors (Lipinski definition) is 3. The van der Waals surface area contributed by atoms with Crippen molar-refractivity contribution in [2.45, 2.75) is 38.8 Å². The second-order valence-corrected chi connectivity index (χ2v) is 5.36. The average molecular weight is 305 g/mol. The van der Waals surface area contributed by atoms with Crippen LogP contribution in [-0.4, -0.2) is 17.1 Å². The van der Waals surface area contributed by atoms with E-state index < -0.39 is 12.1 Å². The van der Waals surface area contributed by atoms with Gasteiger partial charge in [-0.15, -0.1) is 0 Å². The van der Waals surface area contributed by atoms with E-state index in [-0.39, 0.29) is 18.1 Å². The summed E-state index contributed by atoms with van der Waals surface area (Å²) in [5, 5.41) is 12.9. The molecule has 1 amide bonds. The minimum atomic E-state index is -0.879. The predicted octanol–water partition coefficient (Wildman–Crippen LogP) is 2.90. The van der Waals surface area contributed by atoms with Crippen LogP contribution in [0.5, 0.6) is 0 Å². The fourth-order valence-corrected chi connectivity index (χ4v) is 2.21. The minimum Gasteiger partial charge on any atom is -0.466 e. The summed E-state index contributed by atoms with van der Waals surface area (Å²) in [6.45, 7) is 3.56. The number of benzene rings is 1. The van der Waals surface area contributed by atoms with Crippen LogP contribution in [-0.2, 0) is 11.2 Å². The van der Waals surface area contributed by atoms with Crippen molar-refractivity contribution in [1.29, 1.82) is 0 Å². The summed E-state index contributed by atoms with van der Waals surface area (Å²) in [6.07, 6.45) is -0.0812. The molecule has 2 atom stereocenters. The van der Waals surface area contributed by atoms with E-state index >= 15 is 0 Å². The Hall–Kier alpha value is -2.14. The Balaban J connectivity index is 1.83. The number of amides is 1. The fourth-order valence-electron chi connectivity index (χ4n) is 2.21. The highest BCUT2D eigenvalue weighted by Crippen LogP contribution is 2.17. The Morgan fingerprint density at radius 2 is 1.95 bits per heavy atom. The SMILES string of the molecule is Cc1ccc(CCC(=O)N[C@@H](C)[C@@H](O)c2ccc(F)cc2)o1. The number of halogens is 1. The lowest BCUT2D eigenvalue weighted by molar-refractivity contribution is -0.122. The van der Waals surface area contributed by atoms with E-state index in [4.69, 9.17) is 4.42 Å². The Kier molecular flexibility index (Phi) is 5.33. The molecule has 2 rings (SSSR count). The maximum Gasteiger partial charge on any atom is 0.220 e. The topological polar surface area (TPSA) is 62.5 Å². The number of aryl methyl sites for hydroxylation is 2. The number of rotatable bonds is 6. The Bertz CT molecular complexity index is 621. The summed E-state index contributed by atoms with van der Waals surface area (Å²) < 4.78 is 18.3. The van der Waals surface area contributed by atoms with E-state index in [0.717, 1.165) is 11.5 Å². The van der Waals surface area contributed by atoms with Crippen molar-refractivity contribution in [2.24, 2.45) is 0 Å². The average Bonchev–Trinajstić information content (AvgIpc) is 2.91. The third-order valence-electron chi connectivity index (χ3n) is 3.47. The number of aliphatic hydroxyl groups is 1. The molecular weight excluding hydrogens is 285 g/mol. The molecule has 0 spiro atoms. The van der Waals surface area contributed by atoms with Crippen molar-refractivity contribution in [3.63, 3.8) is 0 Å². The zero-order chi connectivity index (χ0) is 16.1. The van der Waals surface area contributed by atoms with E-state index in [9.17, 15) is 14.3 Å². The first-order valence-corrected chi connectivity index (χ1v) is 7.24. The molecule has 5 heteroatoms. The van der Waals surface area contributed by atoms with Gasteiger partial charge in [-0.2, -0.15) is 0 Å². The third kappa shape index (κ3) is 4.43. The maximum absolute atomic E-state index is 12.9. The normalized spacial score (nSPS) is 13.6. The Morgan fingerprint density at radius 3 is 2.55 bits per heavy atom. The number of carbonyl (C=O) groups excluding carboxylic acids is 1. The number of aliphatic hydroxyl groups excluding tert-OH is 1. The first-order chi connectivity index (χ1) is 10.5. The first kappa shape index (κ1) is 16.2. The third-order valence-corrected chi connectivity index (χ3v) is 3.47. The molecule has 0 aliphatic heterocycles. The molecule has 2 N–H and O–H groups in total. The smallest absolute Gasteiger partial charge is 0.220 e. The van der Waals surface area contributed by atoms with Gasteiger partial charge in [-0.3, -0.25) is 4.79 Å². The predicted molar refractivity (Wildman–Crippen MR) is 80.7 cm³/mol. The molecule has 0 aliphatic carbocycles. The molecule has 0 fully saturated rings. The molecule has 4 nitrogen and oxygen atoms in total. The molecule has 0 radical (unpaired) electrons. The maximum atomic E-state index is 12.9. The molecule has 0 bridgehead atoms. The first-order valence-electron chi connectivity index (χ1n) is 7.24. The van der Waals surface area contributed by atoms with Crippen LogP contribution < -0.4 is 5.32 Å². The molecule has 0 unspecified atom stereocenters. The number of carbonyl (C=O) groups is 1. The lowest BCUT2D eigenvalue weighted by Crippen LogP contribution is -2.37. The van der Waals surface area contributed by atoms with Crippen molar-refractivity contribution in [3.8, 4) is 0 Å².